The standard InChI is InChI=1S/C25H25F2N7O8/c26-14-9-16(27)20(34(41)42)18(10-14)33(8-7-15-21(28)31-25(29)32-23(15)38)11-12-1-3-13(4-2-12)22(37)30-17(24(39)40)5-6-19(35)36/h1-4,9-10,17H,5-8,11H2,(H,30,37)(H,35,36)(H,39,40)(H5,28,29,31,32,38)/t17-/m0/s1. The van der Waals surface area contributed by atoms with E-state index in [1.54, 1.807) is 0 Å². The van der Waals surface area contributed by atoms with E-state index >= 15 is 0 Å². The molecule has 0 saturated heterocycles. The molecule has 1 aromatic heterocycles. The van der Waals surface area contributed by atoms with Crippen LogP contribution in [0.2, 0.25) is 0 Å². The highest BCUT2D eigenvalue weighted by Gasteiger charge is 2.27. The number of nitro benzene ring substituents is 1. The van der Waals surface area contributed by atoms with Crippen LogP contribution < -0.4 is 27.2 Å². The maximum Gasteiger partial charge on any atom is 0.328 e. The van der Waals surface area contributed by atoms with E-state index in [9.17, 15) is 43.2 Å². The first kappa shape index (κ1) is 30.9. The van der Waals surface area contributed by atoms with E-state index in [-0.39, 0.29) is 48.8 Å². The molecule has 15 nitrogen and oxygen atoms in total. The highest BCUT2D eigenvalue weighted by molar-refractivity contribution is 5.96. The van der Waals surface area contributed by atoms with Crippen molar-refractivity contribution in [3.05, 3.63) is 85.2 Å². The second-order valence-corrected chi connectivity index (χ2v) is 8.99. The molecule has 222 valence electrons. The third kappa shape index (κ3) is 7.74. The first-order valence-corrected chi connectivity index (χ1v) is 12.1. The zero-order valence-corrected chi connectivity index (χ0v) is 21.7. The Morgan fingerprint density at radius 3 is 2.38 bits per heavy atom. The molecule has 0 bridgehead atoms. The molecule has 1 heterocycles. The number of carbonyl (C=O) groups is 3. The van der Waals surface area contributed by atoms with Crippen LogP contribution in [-0.2, 0) is 22.6 Å². The Labute approximate surface area is 234 Å². The van der Waals surface area contributed by atoms with Crippen molar-refractivity contribution in [2.45, 2.75) is 31.8 Å². The molecule has 0 fully saturated rings. The average molecular weight is 590 g/mol. The van der Waals surface area contributed by atoms with Gasteiger partial charge in [-0.25, -0.2) is 9.18 Å². The van der Waals surface area contributed by atoms with Gasteiger partial charge in [-0.1, -0.05) is 12.1 Å². The fourth-order valence-electron chi connectivity index (χ4n) is 4.03. The lowest BCUT2D eigenvalue weighted by atomic mass is 10.1. The Morgan fingerprint density at radius 2 is 1.81 bits per heavy atom. The summed E-state index contributed by atoms with van der Waals surface area (Å²) in [4.78, 5) is 65.0. The van der Waals surface area contributed by atoms with Crippen molar-refractivity contribution in [3.8, 4) is 0 Å². The average Bonchev–Trinajstić information content (AvgIpc) is 2.88. The number of nitrogen functional groups attached to an aromatic ring is 2. The predicted molar refractivity (Wildman–Crippen MR) is 144 cm³/mol. The number of nitro groups is 1. The molecule has 0 saturated carbocycles. The molecule has 0 radical (unpaired) electrons. The van der Waals surface area contributed by atoms with Gasteiger partial charge < -0.3 is 31.9 Å². The lowest BCUT2D eigenvalue weighted by molar-refractivity contribution is -0.386. The number of aliphatic carboxylic acids is 2. The number of nitrogens with one attached hydrogen (secondary N) is 2. The van der Waals surface area contributed by atoms with E-state index in [0.717, 1.165) is 6.07 Å². The lowest BCUT2D eigenvalue weighted by Crippen LogP contribution is -2.41. The molecular weight excluding hydrogens is 564 g/mol. The van der Waals surface area contributed by atoms with Gasteiger partial charge in [0.05, 0.1) is 10.5 Å². The largest absolute Gasteiger partial charge is 0.481 e. The molecule has 2 aromatic carbocycles. The molecule has 0 aliphatic heterocycles. The second kappa shape index (κ2) is 13.2. The van der Waals surface area contributed by atoms with Crippen LogP contribution in [0.5, 0.6) is 0 Å². The number of carbonyl (C=O) groups excluding carboxylic acids is 1. The summed E-state index contributed by atoms with van der Waals surface area (Å²) in [5, 5.41) is 31.9. The van der Waals surface area contributed by atoms with Crippen molar-refractivity contribution in [1.82, 2.24) is 15.3 Å². The zero-order valence-electron chi connectivity index (χ0n) is 21.7. The van der Waals surface area contributed by atoms with Gasteiger partial charge >= 0.3 is 17.6 Å². The number of nitrogens with two attached hydrogens (primary N) is 2. The van der Waals surface area contributed by atoms with Gasteiger partial charge in [-0.3, -0.25) is 29.5 Å². The number of carboxylic acid groups (broad SMARTS) is 2. The van der Waals surface area contributed by atoms with Crippen LogP contribution in [0.25, 0.3) is 0 Å². The minimum atomic E-state index is -1.45. The Morgan fingerprint density at radius 1 is 1.14 bits per heavy atom. The molecule has 0 spiro atoms. The van der Waals surface area contributed by atoms with Crippen LogP contribution in [0, 0.1) is 21.7 Å². The monoisotopic (exact) mass is 589 g/mol. The fraction of sp³-hybridized carbons (Fsp3) is 0.240. The SMILES string of the molecule is Nc1nc(N)c(CCN(Cc2ccc(C(=O)N[C@@H](CCC(=O)O)C(=O)O)cc2)c2cc(F)cc(F)c2[N+](=O)[O-])c(=O)[nH]1. The van der Waals surface area contributed by atoms with Crippen LogP contribution in [0.15, 0.2) is 41.2 Å². The van der Waals surface area contributed by atoms with E-state index in [4.69, 9.17) is 16.6 Å². The minimum Gasteiger partial charge on any atom is -0.481 e. The smallest absolute Gasteiger partial charge is 0.328 e. The van der Waals surface area contributed by atoms with Crippen LogP contribution in [-0.4, -0.2) is 55.5 Å². The fourth-order valence-corrected chi connectivity index (χ4v) is 4.03. The van der Waals surface area contributed by atoms with Gasteiger partial charge in [0.25, 0.3) is 11.5 Å². The van der Waals surface area contributed by atoms with Gasteiger partial charge in [0.1, 0.15) is 23.4 Å². The van der Waals surface area contributed by atoms with E-state index in [1.165, 1.54) is 29.2 Å². The number of anilines is 3. The molecule has 3 aromatic rings. The number of benzene rings is 2. The number of halogens is 2. The van der Waals surface area contributed by atoms with Crippen molar-refractivity contribution >= 4 is 41.0 Å². The number of hydrogen-bond acceptors (Lipinski definition) is 10. The highest BCUT2D eigenvalue weighted by Crippen LogP contribution is 2.33. The summed E-state index contributed by atoms with van der Waals surface area (Å²) in [5.74, 6) is -6.40. The van der Waals surface area contributed by atoms with Gasteiger partial charge in [-0.2, -0.15) is 9.37 Å². The van der Waals surface area contributed by atoms with Crippen molar-refractivity contribution in [1.29, 1.82) is 0 Å². The number of aromatic amines is 1. The van der Waals surface area contributed by atoms with Crippen LogP contribution in [0.1, 0.15) is 34.3 Å². The highest BCUT2D eigenvalue weighted by atomic mass is 19.1. The van der Waals surface area contributed by atoms with Gasteiger partial charge in [0, 0.05) is 37.2 Å². The molecule has 3 rings (SSSR count). The van der Waals surface area contributed by atoms with Gasteiger partial charge in [-0.15, -0.1) is 0 Å². The Kier molecular flexibility index (Phi) is 9.69. The molecule has 42 heavy (non-hydrogen) atoms. The zero-order chi connectivity index (χ0) is 31.1. The summed E-state index contributed by atoms with van der Waals surface area (Å²) in [7, 11) is 0. The maximum absolute atomic E-state index is 14.5. The Balaban J connectivity index is 1.90. The van der Waals surface area contributed by atoms with Gasteiger partial charge in [-0.05, 0) is 30.5 Å². The van der Waals surface area contributed by atoms with Crippen molar-refractivity contribution in [3.63, 3.8) is 0 Å². The van der Waals surface area contributed by atoms with Gasteiger partial charge in [0.2, 0.25) is 11.8 Å². The summed E-state index contributed by atoms with van der Waals surface area (Å²) in [5.41, 5.74) is 9.56. The first-order valence-electron chi connectivity index (χ1n) is 12.1. The molecule has 1 amide bonds. The number of H-pyrrole nitrogens is 1. The molecular formula is C25H25F2N7O8. The second-order valence-electron chi connectivity index (χ2n) is 8.99. The number of hydrogen-bond donors (Lipinski definition) is 6. The topological polar surface area (TPSA) is 248 Å². The number of amides is 1. The van der Waals surface area contributed by atoms with E-state index in [0.29, 0.717) is 11.6 Å². The Hall–Kier alpha value is -5.61. The van der Waals surface area contributed by atoms with Crippen LogP contribution in [0.3, 0.4) is 0 Å². The predicted octanol–water partition coefficient (Wildman–Crippen LogP) is 1.42. The lowest BCUT2D eigenvalue weighted by Gasteiger charge is -2.25. The molecule has 1 atom stereocenters. The quantitative estimate of drug-likeness (QED) is 0.122. The summed E-state index contributed by atoms with van der Waals surface area (Å²) in [6.07, 6.45) is -0.983. The van der Waals surface area contributed by atoms with E-state index < -0.39 is 63.8 Å². The van der Waals surface area contributed by atoms with Gasteiger partial charge in [0.15, 0.2) is 0 Å². The summed E-state index contributed by atoms with van der Waals surface area (Å²) in [6.45, 7) is -0.392. The maximum atomic E-state index is 14.5. The molecule has 17 heteroatoms. The van der Waals surface area contributed by atoms with E-state index in [1.807, 2.05) is 0 Å². The normalized spacial score (nSPS) is 11.5. The number of aromatic nitrogens is 2. The summed E-state index contributed by atoms with van der Waals surface area (Å²) >= 11 is 0. The molecule has 0 aliphatic carbocycles. The number of carboxylic acids is 2. The van der Waals surface area contributed by atoms with Crippen LogP contribution in [0.4, 0.5) is 31.9 Å². The van der Waals surface area contributed by atoms with Crippen molar-refractivity contribution < 1.29 is 38.3 Å². The van der Waals surface area contributed by atoms with Crippen molar-refractivity contribution in [2.75, 3.05) is 22.9 Å². The summed E-state index contributed by atoms with van der Waals surface area (Å²) in [6, 6.07) is 5.13. The van der Waals surface area contributed by atoms with Crippen molar-refractivity contribution in [2.24, 2.45) is 0 Å². The number of nitrogens with zero attached hydrogens (tertiary/aromatic N) is 3. The molecule has 8 N–H and O–H groups in total. The third-order valence-corrected chi connectivity index (χ3v) is 6.07. The third-order valence-electron chi connectivity index (χ3n) is 6.07. The minimum absolute atomic E-state index is 0.0157. The molecule has 0 unspecified atom stereocenters. The Bertz CT molecular complexity index is 1580. The number of rotatable bonds is 13. The summed E-state index contributed by atoms with van der Waals surface area (Å²) < 4.78 is 28.7. The van der Waals surface area contributed by atoms with Crippen LogP contribution >= 0.6 is 0 Å². The van der Waals surface area contributed by atoms with E-state index in [2.05, 4.69) is 15.3 Å². The molecule has 0 aliphatic rings. The first-order chi connectivity index (χ1) is 19.8.